The first-order valence-corrected chi connectivity index (χ1v) is 6.21. The van der Waals surface area contributed by atoms with Crippen LogP contribution in [0.25, 0.3) is 0 Å². The van der Waals surface area contributed by atoms with Gasteiger partial charge in [-0.1, -0.05) is 15.9 Å². The van der Waals surface area contributed by atoms with E-state index in [2.05, 4.69) is 30.8 Å². The second kappa shape index (κ2) is 4.64. The molecule has 0 unspecified atom stereocenters. The smallest absolute Gasteiger partial charge is 0.212 e. The predicted octanol–water partition coefficient (Wildman–Crippen LogP) is 0.248. The zero-order valence-corrected chi connectivity index (χ0v) is 9.05. The number of aromatic nitrogens is 2. The Morgan fingerprint density at radius 1 is 1.54 bits per heavy atom. The topological polar surface area (TPSA) is 72.0 Å². The minimum Gasteiger partial charge on any atom is -0.212 e. The number of sulfonamides is 1. The lowest BCUT2D eigenvalue weighted by atomic mass is 10.4. The van der Waals surface area contributed by atoms with Gasteiger partial charge in [0.25, 0.3) is 0 Å². The molecule has 0 aromatic carbocycles. The number of nitrogens with one attached hydrogen (secondary N) is 1. The summed E-state index contributed by atoms with van der Waals surface area (Å²) in [6.45, 7) is 0.168. The van der Waals surface area contributed by atoms with Gasteiger partial charge in [0, 0.05) is 6.20 Å². The van der Waals surface area contributed by atoms with Crippen molar-refractivity contribution in [2.75, 3.05) is 4.66 Å². The van der Waals surface area contributed by atoms with Crippen molar-refractivity contribution in [2.45, 2.75) is 6.54 Å². The summed E-state index contributed by atoms with van der Waals surface area (Å²) < 4.78 is 24.2. The Morgan fingerprint density at radius 3 is 2.85 bits per heavy atom. The van der Waals surface area contributed by atoms with Gasteiger partial charge in [-0.15, -0.1) is 0 Å². The monoisotopic (exact) mass is 265 g/mol. The molecule has 0 atom stereocenters. The van der Waals surface area contributed by atoms with E-state index in [4.69, 9.17) is 0 Å². The minimum atomic E-state index is -3.22. The molecule has 1 aromatic heterocycles. The van der Waals surface area contributed by atoms with Gasteiger partial charge in [0.05, 0.1) is 12.2 Å². The molecule has 13 heavy (non-hydrogen) atoms. The summed E-state index contributed by atoms with van der Waals surface area (Å²) in [6.07, 6.45) is 1.53. The van der Waals surface area contributed by atoms with Crippen LogP contribution in [0.5, 0.6) is 0 Å². The standard InChI is InChI=1S/C6H8BrN3O2S/c7-5-13(11,12)9-4-6-2-1-3-8-10-6/h1-3,9H,4-5H2. The van der Waals surface area contributed by atoms with Crippen LogP contribution >= 0.6 is 15.9 Å². The highest BCUT2D eigenvalue weighted by Crippen LogP contribution is 1.95. The van der Waals surface area contributed by atoms with Gasteiger partial charge in [-0.05, 0) is 12.1 Å². The molecule has 0 aliphatic heterocycles. The van der Waals surface area contributed by atoms with Crippen LogP contribution in [-0.4, -0.2) is 23.3 Å². The fraction of sp³-hybridized carbons (Fsp3) is 0.333. The van der Waals surface area contributed by atoms with Crippen molar-refractivity contribution < 1.29 is 8.42 Å². The van der Waals surface area contributed by atoms with Crippen molar-refractivity contribution >= 4 is 26.0 Å². The molecule has 5 nitrogen and oxygen atoms in total. The molecule has 1 aromatic rings. The molecule has 1 heterocycles. The molecule has 0 saturated heterocycles. The van der Waals surface area contributed by atoms with Crippen molar-refractivity contribution in [1.29, 1.82) is 0 Å². The number of nitrogens with zero attached hydrogens (tertiary/aromatic N) is 2. The van der Waals surface area contributed by atoms with Crippen LogP contribution in [0.3, 0.4) is 0 Å². The number of hydrogen-bond donors (Lipinski definition) is 1. The molecule has 72 valence electrons. The molecule has 1 N–H and O–H groups in total. The van der Waals surface area contributed by atoms with Crippen LogP contribution in [0.2, 0.25) is 0 Å². The van der Waals surface area contributed by atoms with E-state index < -0.39 is 10.0 Å². The van der Waals surface area contributed by atoms with Gasteiger partial charge in [-0.25, -0.2) is 13.1 Å². The molecule has 0 aliphatic rings. The lowest BCUT2D eigenvalue weighted by Crippen LogP contribution is -2.24. The Hall–Kier alpha value is -0.530. The third-order valence-corrected chi connectivity index (χ3v) is 3.92. The van der Waals surface area contributed by atoms with Crippen LogP contribution in [0.1, 0.15) is 5.69 Å². The van der Waals surface area contributed by atoms with Crippen molar-refractivity contribution in [3.05, 3.63) is 24.0 Å². The Bertz CT molecular complexity index is 353. The van der Waals surface area contributed by atoms with Crippen molar-refractivity contribution in [3.8, 4) is 0 Å². The van der Waals surface area contributed by atoms with E-state index in [1.54, 1.807) is 12.1 Å². The highest BCUT2D eigenvalue weighted by Gasteiger charge is 2.06. The quantitative estimate of drug-likeness (QED) is 0.793. The molecule has 0 aliphatic carbocycles. The summed E-state index contributed by atoms with van der Waals surface area (Å²) in [5.41, 5.74) is 0.590. The van der Waals surface area contributed by atoms with Crippen LogP contribution in [0.15, 0.2) is 18.3 Å². The SMILES string of the molecule is O=S(=O)(CBr)NCc1cccnn1. The number of rotatable bonds is 4. The highest BCUT2D eigenvalue weighted by molar-refractivity contribution is 9.10. The summed E-state index contributed by atoms with van der Waals surface area (Å²) in [7, 11) is -3.22. The molecule has 7 heteroatoms. The maximum Gasteiger partial charge on any atom is 0.221 e. The summed E-state index contributed by atoms with van der Waals surface area (Å²) in [5, 5.41) is 7.34. The average Bonchev–Trinajstić information content (AvgIpc) is 2.17. The van der Waals surface area contributed by atoms with Gasteiger partial charge in [0.1, 0.15) is 4.66 Å². The molecular weight excluding hydrogens is 258 g/mol. The number of halogens is 1. The normalized spacial score (nSPS) is 11.5. The van der Waals surface area contributed by atoms with Crippen LogP contribution in [0.4, 0.5) is 0 Å². The average molecular weight is 266 g/mol. The third-order valence-electron chi connectivity index (χ3n) is 1.24. The number of hydrogen-bond acceptors (Lipinski definition) is 4. The van der Waals surface area contributed by atoms with E-state index in [9.17, 15) is 8.42 Å². The Balaban J connectivity index is 2.54. The van der Waals surface area contributed by atoms with Gasteiger partial charge in [-0.2, -0.15) is 10.2 Å². The molecule has 0 radical (unpaired) electrons. The van der Waals surface area contributed by atoms with Crippen LogP contribution < -0.4 is 4.72 Å². The molecule has 0 saturated carbocycles. The first-order valence-electron chi connectivity index (χ1n) is 3.44. The zero-order valence-electron chi connectivity index (χ0n) is 6.64. The van der Waals surface area contributed by atoms with Crippen molar-refractivity contribution in [1.82, 2.24) is 14.9 Å². The fourth-order valence-electron chi connectivity index (χ4n) is 0.650. The van der Waals surface area contributed by atoms with Gasteiger partial charge in [-0.3, -0.25) is 0 Å². The van der Waals surface area contributed by atoms with Gasteiger partial charge in [0.2, 0.25) is 10.0 Å². The maximum atomic E-state index is 11.0. The largest absolute Gasteiger partial charge is 0.221 e. The van der Waals surface area contributed by atoms with E-state index in [0.717, 1.165) is 0 Å². The van der Waals surface area contributed by atoms with Crippen LogP contribution in [-0.2, 0) is 16.6 Å². The van der Waals surface area contributed by atoms with Crippen LogP contribution in [0, 0.1) is 0 Å². The number of alkyl halides is 1. The fourth-order valence-corrected chi connectivity index (χ4v) is 1.58. The summed E-state index contributed by atoms with van der Waals surface area (Å²) in [4.78, 5) is 0. The van der Waals surface area contributed by atoms with Gasteiger partial charge in [0.15, 0.2) is 0 Å². The molecule has 0 amide bonds. The molecule has 0 spiro atoms. The van der Waals surface area contributed by atoms with E-state index >= 15 is 0 Å². The van der Waals surface area contributed by atoms with E-state index in [1.165, 1.54) is 6.20 Å². The van der Waals surface area contributed by atoms with E-state index in [0.29, 0.717) is 5.69 Å². The second-order valence-electron chi connectivity index (χ2n) is 2.26. The highest BCUT2D eigenvalue weighted by atomic mass is 79.9. The predicted molar refractivity (Wildman–Crippen MR) is 51.6 cm³/mol. The Kier molecular flexibility index (Phi) is 3.76. The lowest BCUT2D eigenvalue weighted by molar-refractivity contribution is 0.585. The first-order chi connectivity index (χ1) is 6.14. The second-order valence-corrected chi connectivity index (χ2v) is 5.37. The third kappa shape index (κ3) is 3.79. The Morgan fingerprint density at radius 2 is 2.31 bits per heavy atom. The molecule has 1 rings (SSSR count). The minimum absolute atomic E-state index is 0.111. The summed E-state index contributed by atoms with van der Waals surface area (Å²) in [6, 6.07) is 3.40. The van der Waals surface area contributed by atoms with Crippen molar-refractivity contribution in [2.24, 2.45) is 0 Å². The van der Waals surface area contributed by atoms with Gasteiger partial charge >= 0.3 is 0 Å². The summed E-state index contributed by atoms with van der Waals surface area (Å²) in [5.74, 6) is 0. The van der Waals surface area contributed by atoms with E-state index in [1.807, 2.05) is 0 Å². The lowest BCUT2D eigenvalue weighted by Gasteiger charge is -2.01. The Labute approximate surface area is 84.7 Å². The summed E-state index contributed by atoms with van der Waals surface area (Å²) >= 11 is 2.86. The molecule has 0 fully saturated rings. The zero-order chi connectivity index (χ0) is 9.73. The maximum absolute atomic E-state index is 11.0. The molecular formula is C6H8BrN3O2S. The van der Waals surface area contributed by atoms with Crippen molar-refractivity contribution in [3.63, 3.8) is 0 Å². The van der Waals surface area contributed by atoms with E-state index in [-0.39, 0.29) is 11.2 Å². The molecule has 0 bridgehead atoms. The van der Waals surface area contributed by atoms with Gasteiger partial charge < -0.3 is 0 Å². The first kappa shape index (κ1) is 10.6.